The molecule has 16 nitrogen and oxygen atoms in total. The lowest BCUT2D eigenvalue weighted by atomic mass is 9.97. The van der Waals surface area contributed by atoms with Crippen molar-refractivity contribution in [3.63, 3.8) is 0 Å². The van der Waals surface area contributed by atoms with Crippen LogP contribution in [0.15, 0.2) is 67.0 Å². The molecule has 5 amide bonds. The minimum absolute atomic E-state index is 0.0750. The van der Waals surface area contributed by atoms with E-state index in [2.05, 4.69) is 45.2 Å². The summed E-state index contributed by atoms with van der Waals surface area (Å²) < 4.78 is 30.3. The van der Waals surface area contributed by atoms with E-state index in [0.717, 1.165) is 74.3 Å². The zero-order valence-corrected chi connectivity index (χ0v) is 31.6. The molecule has 58 heavy (non-hydrogen) atoms. The number of alkyl halides is 3. The first kappa shape index (κ1) is 37.6. The van der Waals surface area contributed by atoms with E-state index in [1.54, 1.807) is 24.4 Å². The van der Waals surface area contributed by atoms with Crippen molar-refractivity contribution < 1.29 is 37.5 Å². The Hall–Kier alpha value is -5.98. The highest BCUT2D eigenvalue weighted by Gasteiger charge is 2.46. The van der Waals surface area contributed by atoms with Gasteiger partial charge in [0.25, 0.3) is 17.7 Å². The number of benzene rings is 2. The summed E-state index contributed by atoms with van der Waals surface area (Å²) in [6, 6.07) is 14.0. The van der Waals surface area contributed by atoms with E-state index in [0.29, 0.717) is 29.0 Å². The Morgan fingerprint density at radius 2 is 1.57 bits per heavy atom. The molecule has 300 valence electrons. The minimum atomic E-state index is -3.84. The number of nitrogens with one attached hydrogen (secondary N) is 3. The molecule has 5 aliphatic heterocycles. The largest absolute Gasteiger partial charge is 0.487 e. The van der Waals surface area contributed by atoms with Gasteiger partial charge in [0.1, 0.15) is 17.6 Å². The molecule has 4 aromatic rings. The van der Waals surface area contributed by atoms with Gasteiger partial charge in [-0.1, -0.05) is 0 Å². The summed E-state index contributed by atoms with van der Waals surface area (Å²) in [5, 5.41) is 12.1. The smallest absolute Gasteiger partial charge is 0.420 e. The summed E-state index contributed by atoms with van der Waals surface area (Å²) in [6.07, 6.45) is 3.35. The van der Waals surface area contributed by atoms with Crippen molar-refractivity contribution >= 4 is 58.3 Å². The van der Waals surface area contributed by atoms with Gasteiger partial charge >= 0.3 is 5.57 Å². The number of pyridine rings is 1. The van der Waals surface area contributed by atoms with Gasteiger partial charge in [-0.3, -0.25) is 49.1 Å². The van der Waals surface area contributed by atoms with Gasteiger partial charge in [0.15, 0.2) is 0 Å². The molecule has 0 spiro atoms. The Balaban J connectivity index is 0.770. The molecule has 5 aliphatic rings. The monoisotopic (exact) mass is 814 g/mol. The van der Waals surface area contributed by atoms with Crippen molar-refractivity contribution in [1.82, 2.24) is 35.2 Å². The number of H-pyrrole nitrogens is 1. The summed E-state index contributed by atoms with van der Waals surface area (Å²) >= 11 is 4.84. The highest BCUT2D eigenvalue weighted by Crippen LogP contribution is 2.35. The normalized spacial score (nSPS) is 20.8. The number of likely N-dealkylation sites (tertiary alicyclic amines) is 1. The van der Waals surface area contributed by atoms with Gasteiger partial charge in [-0.25, -0.2) is 4.98 Å². The topological polar surface area (TPSA) is 176 Å². The van der Waals surface area contributed by atoms with Crippen LogP contribution in [-0.4, -0.2) is 135 Å². The number of piperazine rings is 1. The van der Waals surface area contributed by atoms with Gasteiger partial charge < -0.3 is 19.9 Å². The lowest BCUT2D eigenvalue weighted by molar-refractivity contribution is -0.136. The quantitative estimate of drug-likeness (QED) is 0.158. The number of carbonyl (C=O) groups excluding carboxylic acids is 5. The molecule has 4 fully saturated rings. The molecule has 2 aromatic carbocycles. The van der Waals surface area contributed by atoms with Gasteiger partial charge in [-0.15, -0.1) is 8.78 Å². The first-order valence-electron chi connectivity index (χ1n) is 18.9. The van der Waals surface area contributed by atoms with Crippen LogP contribution in [-0.2, 0) is 9.59 Å². The standard InChI is InChI=1S/C39H37ClF2N10O6/c40-39(41,42)58-27-4-1-23(2-5-27)45-35(54)22-15-30(31-9-10-44-47-31)34(43-17-22)49-13-11-48(12-14-49)25-18-51(19-25)26-20-50(21-26)24-3-6-28-29(16-24)38(57)52(37(28)56)32-7-8-33(53)46-36(32)55/h1-6,9-10,15-17,25-26,32H,7-8,11-14,18-21H2,(H,44,47)(H,45,54)(H,46,53,55). The zero-order chi connectivity index (χ0) is 40.3. The highest BCUT2D eigenvalue weighted by molar-refractivity contribution is 6.24. The van der Waals surface area contributed by atoms with E-state index in [-0.39, 0.29) is 29.7 Å². The predicted molar refractivity (Wildman–Crippen MR) is 206 cm³/mol. The second kappa shape index (κ2) is 14.8. The molecule has 2 aromatic heterocycles. The number of ether oxygens (including phenoxy) is 1. The fraction of sp³-hybridized carbons (Fsp3) is 0.359. The lowest BCUT2D eigenvalue weighted by Crippen LogP contribution is -2.71. The SMILES string of the molecule is O=C1CCC(N2C(=O)c3ccc(N4CC(N5CC(N6CCN(c7ncc(C(=O)Nc8ccc(OC(F)(F)Cl)cc8)cc7-c7ccn[nH]7)CC6)C5)C4)cc3C2=O)C(=O)N1. The number of nitrogens with zero attached hydrogens (tertiary/aromatic N) is 7. The van der Waals surface area contributed by atoms with E-state index in [4.69, 9.17) is 16.6 Å². The molecule has 9 rings (SSSR count). The van der Waals surface area contributed by atoms with Gasteiger partial charge in [0.2, 0.25) is 11.8 Å². The number of piperidine rings is 1. The molecular weight excluding hydrogens is 778 g/mol. The third-order valence-electron chi connectivity index (χ3n) is 11.5. The minimum Gasteiger partial charge on any atom is -0.420 e. The summed E-state index contributed by atoms with van der Waals surface area (Å²) in [5.74, 6) is -1.90. The Bertz CT molecular complexity index is 2290. The number of aromatic amines is 1. The molecule has 0 saturated carbocycles. The van der Waals surface area contributed by atoms with Gasteiger partial charge in [0.05, 0.1) is 22.4 Å². The Labute approximate surface area is 335 Å². The van der Waals surface area contributed by atoms with Crippen molar-refractivity contribution in [3.8, 4) is 17.0 Å². The van der Waals surface area contributed by atoms with Crippen molar-refractivity contribution in [1.29, 1.82) is 0 Å². The summed E-state index contributed by atoms with van der Waals surface area (Å²) in [6.45, 7) is 6.66. The molecule has 0 bridgehead atoms. The summed E-state index contributed by atoms with van der Waals surface area (Å²) in [5.41, 5.74) is -0.322. The molecule has 7 heterocycles. The van der Waals surface area contributed by atoms with Crippen LogP contribution >= 0.6 is 11.6 Å². The van der Waals surface area contributed by atoms with E-state index in [9.17, 15) is 32.8 Å². The van der Waals surface area contributed by atoms with E-state index in [1.807, 2.05) is 12.1 Å². The number of aromatic nitrogens is 3. The molecule has 4 saturated heterocycles. The Morgan fingerprint density at radius 1 is 0.845 bits per heavy atom. The lowest BCUT2D eigenvalue weighted by Gasteiger charge is -2.55. The van der Waals surface area contributed by atoms with E-state index in [1.165, 1.54) is 30.5 Å². The number of halogens is 3. The van der Waals surface area contributed by atoms with Crippen molar-refractivity contribution in [2.24, 2.45) is 0 Å². The Morgan fingerprint density at radius 3 is 2.26 bits per heavy atom. The fourth-order valence-corrected chi connectivity index (χ4v) is 8.34. The molecule has 1 atom stereocenters. The van der Waals surface area contributed by atoms with E-state index >= 15 is 0 Å². The predicted octanol–water partition coefficient (Wildman–Crippen LogP) is 2.99. The van der Waals surface area contributed by atoms with Gasteiger partial charge in [0, 0.05) is 112 Å². The maximum Gasteiger partial charge on any atom is 0.487 e. The summed E-state index contributed by atoms with van der Waals surface area (Å²) in [7, 11) is 0. The average Bonchev–Trinajstić information content (AvgIpc) is 3.79. The van der Waals surface area contributed by atoms with Crippen LogP contribution in [0.2, 0.25) is 0 Å². The number of hydrogen-bond acceptors (Lipinski definition) is 12. The van der Waals surface area contributed by atoms with Crippen LogP contribution in [0.1, 0.15) is 43.9 Å². The van der Waals surface area contributed by atoms with Gasteiger partial charge in [-0.05, 0) is 61.0 Å². The fourth-order valence-electron chi connectivity index (χ4n) is 8.25. The first-order valence-corrected chi connectivity index (χ1v) is 19.3. The number of amides is 5. The number of anilines is 3. The van der Waals surface area contributed by atoms with Crippen molar-refractivity contribution in [3.05, 3.63) is 83.7 Å². The van der Waals surface area contributed by atoms with Crippen LogP contribution in [0.3, 0.4) is 0 Å². The van der Waals surface area contributed by atoms with Crippen molar-refractivity contribution in [2.75, 3.05) is 67.5 Å². The molecule has 1 unspecified atom stereocenters. The Kier molecular flexibility index (Phi) is 9.56. The van der Waals surface area contributed by atoms with E-state index < -0.39 is 41.1 Å². The van der Waals surface area contributed by atoms with Crippen LogP contribution in [0.4, 0.5) is 26.0 Å². The number of imide groups is 2. The highest BCUT2D eigenvalue weighted by atomic mass is 35.5. The number of fused-ring (bicyclic) bond motifs is 1. The molecule has 3 N–H and O–H groups in total. The third-order valence-corrected chi connectivity index (χ3v) is 11.5. The van der Waals surface area contributed by atoms with Crippen LogP contribution in [0.5, 0.6) is 5.75 Å². The first-order chi connectivity index (χ1) is 27.9. The molecular formula is C39H37ClF2N10O6. The van der Waals surface area contributed by atoms with Crippen LogP contribution < -0.4 is 25.2 Å². The second-order valence-electron chi connectivity index (χ2n) is 15.0. The zero-order valence-electron chi connectivity index (χ0n) is 30.9. The average molecular weight is 815 g/mol. The maximum absolute atomic E-state index is 13.3. The maximum atomic E-state index is 13.3. The summed E-state index contributed by atoms with van der Waals surface area (Å²) in [4.78, 5) is 78.7. The number of hydrogen-bond donors (Lipinski definition) is 3. The second-order valence-corrected chi connectivity index (χ2v) is 15.4. The van der Waals surface area contributed by atoms with Crippen LogP contribution in [0, 0.1) is 0 Å². The van der Waals surface area contributed by atoms with Gasteiger partial charge in [-0.2, -0.15) is 5.10 Å². The van der Waals surface area contributed by atoms with Crippen LogP contribution in [0.25, 0.3) is 11.3 Å². The number of carbonyl (C=O) groups is 5. The van der Waals surface area contributed by atoms with Crippen molar-refractivity contribution in [2.45, 2.75) is 36.5 Å². The molecule has 0 aliphatic carbocycles. The molecule has 0 radical (unpaired) electrons. The third kappa shape index (κ3) is 7.22. The molecule has 19 heteroatoms. The number of rotatable bonds is 10.